The number of carbonyl (C=O) groups is 1. The molecule has 5 rings (SSSR count). The number of aromatic nitrogens is 2. The second-order valence-electron chi connectivity index (χ2n) is 8.11. The summed E-state index contributed by atoms with van der Waals surface area (Å²) in [5.74, 6) is 1.34. The lowest BCUT2D eigenvalue weighted by molar-refractivity contribution is -0.762. The first kappa shape index (κ1) is 16.3. The van der Waals surface area contributed by atoms with Crippen LogP contribution in [0.15, 0.2) is 59.6 Å². The molecule has 0 spiro atoms. The molecule has 0 radical (unpaired) electrons. The van der Waals surface area contributed by atoms with E-state index in [2.05, 4.69) is 20.3 Å². The summed E-state index contributed by atoms with van der Waals surface area (Å²) >= 11 is 0. The fourth-order valence-corrected chi connectivity index (χ4v) is 4.35. The van der Waals surface area contributed by atoms with E-state index >= 15 is 0 Å². The number of anilines is 1. The predicted octanol–water partition coefficient (Wildman–Crippen LogP) is 2.91. The van der Waals surface area contributed by atoms with Crippen molar-refractivity contribution < 1.29 is 9.28 Å². The second-order valence-corrected chi connectivity index (χ2v) is 8.11. The van der Waals surface area contributed by atoms with Crippen molar-refractivity contribution in [2.24, 2.45) is 16.8 Å². The lowest BCUT2D eigenvalue weighted by Gasteiger charge is -2.43. The van der Waals surface area contributed by atoms with Gasteiger partial charge in [0.15, 0.2) is 0 Å². The molecule has 2 aromatic rings. The topological polar surface area (TPSA) is 67.2 Å². The molecule has 2 aromatic heterocycles. The Kier molecular flexibility index (Phi) is 3.52. The Bertz CT molecular complexity index is 1030. The number of rotatable bonds is 3. The van der Waals surface area contributed by atoms with E-state index in [1.807, 2.05) is 57.0 Å². The minimum absolute atomic E-state index is 0.108. The van der Waals surface area contributed by atoms with Crippen LogP contribution in [0.4, 0.5) is 5.82 Å². The normalized spacial score (nSPS) is 28.4. The van der Waals surface area contributed by atoms with Crippen molar-refractivity contribution in [2.75, 3.05) is 19.4 Å². The highest BCUT2D eigenvalue weighted by Crippen LogP contribution is 2.42. The number of nitrogens with zero attached hydrogens (tertiary/aromatic N) is 4. The largest absolute Gasteiger partial charge is 0.367 e. The highest BCUT2D eigenvalue weighted by atomic mass is 16.2. The summed E-state index contributed by atoms with van der Waals surface area (Å²) in [6.45, 7) is 0. The monoisotopic (exact) mass is 360 g/mol. The van der Waals surface area contributed by atoms with Crippen LogP contribution in [-0.4, -0.2) is 46.2 Å². The molecule has 0 saturated heterocycles. The molecule has 1 N–H and O–H groups in total. The third-order valence-corrected chi connectivity index (χ3v) is 5.84. The van der Waals surface area contributed by atoms with Gasteiger partial charge in [0.25, 0.3) is 0 Å². The van der Waals surface area contributed by atoms with Crippen LogP contribution in [-0.2, 0) is 4.79 Å². The van der Waals surface area contributed by atoms with E-state index in [0.717, 1.165) is 40.8 Å². The van der Waals surface area contributed by atoms with Gasteiger partial charge in [0, 0.05) is 30.0 Å². The molecule has 1 fully saturated rings. The van der Waals surface area contributed by atoms with Crippen LogP contribution in [0.5, 0.6) is 0 Å². The van der Waals surface area contributed by atoms with Crippen LogP contribution in [0.1, 0.15) is 12.8 Å². The number of quaternary nitrogens is 1. The molecule has 6 heteroatoms. The lowest BCUT2D eigenvalue weighted by Crippen LogP contribution is -2.55. The maximum absolute atomic E-state index is 13.0. The van der Waals surface area contributed by atoms with Gasteiger partial charge < -0.3 is 5.32 Å². The van der Waals surface area contributed by atoms with Crippen LogP contribution < -0.4 is 5.32 Å². The smallest absolute Gasteiger partial charge is 0.327 e. The van der Waals surface area contributed by atoms with Gasteiger partial charge in [-0.3, -0.25) is 9.98 Å². The molecule has 136 valence electrons. The highest BCUT2D eigenvalue weighted by Gasteiger charge is 2.50. The first-order valence-corrected chi connectivity index (χ1v) is 9.34. The molecular formula is C21H22N5O+. The first-order chi connectivity index (χ1) is 13.0. The summed E-state index contributed by atoms with van der Waals surface area (Å²) in [6.07, 6.45) is 11.3. The van der Waals surface area contributed by atoms with E-state index in [4.69, 9.17) is 0 Å². The molecule has 2 aliphatic heterocycles. The molecule has 0 bridgehead atoms. The molecule has 1 atom stereocenters. The van der Waals surface area contributed by atoms with Gasteiger partial charge in [0.2, 0.25) is 0 Å². The standard InChI is InChI=1S/C21H22N5O/c1-26(2)12-14-5-8-23-20(14)19(21(26)27)15-9-16(10-15)24-18-4-3-13-11-22-7-6-17(13)25-18/h3-8,11-12,15-16,19H,9-10H2,1-2H3,(H,24,25)/q+1. The number of nitrogens with one attached hydrogen (secondary N) is 1. The van der Waals surface area contributed by atoms with E-state index in [0.29, 0.717) is 12.0 Å². The summed E-state index contributed by atoms with van der Waals surface area (Å²) in [6, 6.07) is 6.29. The van der Waals surface area contributed by atoms with Gasteiger partial charge in [-0.05, 0) is 43.0 Å². The number of fused-ring (bicyclic) bond motifs is 2. The molecule has 6 nitrogen and oxygen atoms in total. The maximum atomic E-state index is 13.0. The fraction of sp³-hybridized carbons (Fsp3) is 0.333. The zero-order valence-electron chi connectivity index (χ0n) is 15.5. The van der Waals surface area contributed by atoms with Crippen molar-refractivity contribution in [3.05, 3.63) is 54.6 Å². The predicted molar refractivity (Wildman–Crippen MR) is 105 cm³/mol. The lowest BCUT2D eigenvalue weighted by atomic mass is 9.68. The summed E-state index contributed by atoms with van der Waals surface area (Å²) in [4.78, 5) is 26.3. The summed E-state index contributed by atoms with van der Waals surface area (Å²) in [5.41, 5.74) is 3.00. The third-order valence-electron chi connectivity index (χ3n) is 5.84. The minimum atomic E-state index is -0.108. The van der Waals surface area contributed by atoms with Gasteiger partial charge in [-0.25, -0.2) is 14.3 Å². The van der Waals surface area contributed by atoms with Crippen molar-refractivity contribution >= 4 is 28.3 Å². The van der Waals surface area contributed by atoms with Crippen molar-refractivity contribution in [3.8, 4) is 0 Å². The molecule has 1 amide bonds. The molecule has 27 heavy (non-hydrogen) atoms. The number of amides is 1. The van der Waals surface area contributed by atoms with E-state index in [1.54, 1.807) is 6.20 Å². The zero-order chi connectivity index (χ0) is 18.6. The molecule has 4 heterocycles. The fourth-order valence-electron chi connectivity index (χ4n) is 4.35. The number of hydrogen-bond donors (Lipinski definition) is 1. The number of allylic oxidation sites excluding steroid dienone is 2. The number of aliphatic imine (C=N–C) groups is 1. The first-order valence-electron chi connectivity index (χ1n) is 9.34. The van der Waals surface area contributed by atoms with E-state index < -0.39 is 0 Å². The van der Waals surface area contributed by atoms with Gasteiger partial charge in [0.1, 0.15) is 17.9 Å². The Morgan fingerprint density at radius 3 is 2.89 bits per heavy atom. The van der Waals surface area contributed by atoms with Crippen molar-refractivity contribution in [2.45, 2.75) is 18.9 Å². The number of hydrogen-bond acceptors (Lipinski definition) is 5. The quantitative estimate of drug-likeness (QED) is 0.855. The molecule has 3 aliphatic rings. The zero-order valence-corrected chi connectivity index (χ0v) is 15.5. The maximum Gasteiger partial charge on any atom is 0.327 e. The van der Waals surface area contributed by atoms with Gasteiger partial charge >= 0.3 is 5.91 Å². The number of pyridine rings is 2. The molecule has 1 aliphatic carbocycles. The van der Waals surface area contributed by atoms with Gasteiger partial charge in [-0.1, -0.05) is 0 Å². The Morgan fingerprint density at radius 2 is 2.04 bits per heavy atom. The molecular weight excluding hydrogens is 338 g/mol. The summed E-state index contributed by atoms with van der Waals surface area (Å²) in [5, 5.41) is 4.55. The van der Waals surface area contributed by atoms with Crippen LogP contribution in [0, 0.1) is 11.8 Å². The summed E-state index contributed by atoms with van der Waals surface area (Å²) in [7, 11) is 3.90. The second kappa shape index (κ2) is 5.82. The van der Waals surface area contributed by atoms with Crippen molar-refractivity contribution in [3.63, 3.8) is 0 Å². The Labute approximate surface area is 157 Å². The molecule has 1 saturated carbocycles. The van der Waals surface area contributed by atoms with Crippen molar-refractivity contribution in [1.29, 1.82) is 0 Å². The van der Waals surface area contributed by atoms with Crippen LogP contribution in [0.3, 0.4) is 0 Å². The Hall–Kier alpha value is -2.86. The van der Waals surface area contributed by atoms with E-state index in [-0.39, 0.29) is 16.3 Å². The Morgan fingerprint density at radius 1 is 1.19 bits per heavy atom. The third kappa shape index (κ3) is 2.68. The van der Waals surface area contributed by atoms with E-state index in [9.17, 15) is 4.79 Å². The minimum Gasteiger partial charge on any atom is -0.367 e. The summed E-state index contributed by atoms with van der Waals surface area (Å²) < 4.78 is 0.290. The Balaban J connectivity index is 1.30. The average Bonchev–Trinajstić information content (AvgIpc) is 3.06. The van der Waals surface area contributed by atoms with E-state index in [1.165, 1.54) is 0 Å². The molecule has 0 aromatic carbocycles. The average molecular weight is 360 g/mol. The van der Waals surface area contributed by atoms with Gasteiger partial charge in [-0.2, -0.15) is 0 Å². The van der Waals surface area contributed by atoms with Gasteiger partial charge in [0.05, 0.1) is 30.9 Å². The van der Waals surface area contributed by atoms with Crippen LogP contribution >= 0.6 is 0 Å². The van der Waals surface area contributed by atoms with Crippen LogP contribution in [0.2, 0.25) is 0 Å². The SMILES string of the molecule is C[N+]1(C)C=C2C=CN=C2C(C2CC(Nc3ccc4cnccc4n3)C2)C1=O. The highest BCUT2D eigenvalue weighted by molar-refractivity contribution is 6.16. The van der Waals surface area contributed by atoms with Crippen molar-refractivity contribution in [1.82, 2.24) is 9.97 Å². The molecule has 1 unspecified atom stereocenters. The van der Waals surface area contributed by atoms with Gasteiger partial charge in [-0.15, -0.1) is 0 Å². The van der Waals surface area contributed by atoms with Crippen LogP contribution in [0.25, 0.3) is 10.9 Å². The number of carbonyl (C=O) groups excluding carboxylic acids is 1.